The van der Waals surface area contributed by atoms with Crippen LogP contribution in [0, 0.1) is 29.1 Å². The van der Waals surface area contributed by atoms with E-state index >= 15 is 0 Å². The van der Waals surface area contributed by atoms with Gasteiger partial charge in [0.15, 0.2) is 0 Å². The molecule has 78 valence electrons. The van der Waals surface area contributed by atoms with Crippen LogP contribution in [0.1, 0.15) is 32.6 Å². The summed E-state index contributed by atoms with van der Waals surface area (Å²) in [6, 6.07) is 2.34. The summed E-state index contributed by atoms with van der Waals surface area (Å²) in [5, 5.41) is 8.81. The van der Waals surface area contributed by atoms with Gasteiger partial charge >= 0.3 is 0 Å². The fourth-order valence-electron chi connectivity index (χ4n) is 1.98. The van der Waals surface area contributed by atoms with E-state index in [0.717, 1.165) is 18.4 Å². The van der Waals surface area contributed by atoms with Crippen molar-refractivity contribution in [3.05, 3.63) is 0 Å². The lowest BCUT2D eigenvalue weighted by Gasteiger charge is -2.22. The molecular formula is C12H20N2. The normalized spacial score (nSPS) is 23.5. The van der Waals surface area contributed by atoms with Gasteiger partial charge < -0.3 is 4.90 Å². The maximum atomic E-state index is 8.81. The Morgan fingerprint density at radius 3 is 2.07 bits per heavy atom. The summed E-state index contributed by atoms with van der Waals surface area (Å²) in [5.74, 6) is 2.12. The number of rotatable bonds is 6. The summed E-state index contributed by atoms with van der Waals surface area (Å²) in [7, 11) is 0. The minimum absolute atomic E-state index is 0.201. The summed E-state index contributed by atoms with van der Waals surface area (Å²) in [6.07, 6.45) is 5.68. The predicted molar refractivity (Wildman–Crippen MR) is 56.7 cm³/mol. The fraction of sp³-hybridized carbons (Fsp3) is 0.917. The monoisotopic (exact) mass is 192 g/mol. The van der Waals surface area contributed by atoms with Gasteiger partial charge in [0.05, 0.1) is 12.0 Å². The summed E-state index contributed by atoms with van der Waals surface area (Å²) in [5.41, 5.74) is 0. The van der Waals surface area contributed by atoms with Gasteiger partial charge in [-0.15, -0.1) is 0 Å². The van der Waals surface area contributed by atoms with E-state index in [1.807, 2.05) is 6.92 Å². The van der Waals surface area contributed by atoms with E-state index in [1.54, 1.807) is 0 Å². The number of hydrogen-bond donors (Lipinski definition) is 0. The first-order chi connectivity index (χ1) is 6.78. The largest absolute Gasteiger partial charge is 0.301 e. The number of nitriles is 1. The van der Waals surface area contributed by atoms with Crippen molar-refractivity contribution in [3.63, 3.8) is 0 Å². The Morgan fingerprint density at radius 2 is 1.71 bits per heavy atom. The zero-order valence-electron chi connectivity index (χ0n) is 9.08. The average molecular weight is 192 g/mol. The molecular weight excluding hydrogens is 172 g/mol. The molecule has 2 saturated carbocycles. The minimum atomic E-state index is 0.201. The molecule has 2 fully saturated rings. The first kappa shape index (κ1) is 9.98. The van der Waals surface area contributed by atoms with Crippen LogP contribution in [-0.4, -0.2) is 24.5 Å². The van der Waals surface area contributed by atoms with Crippen LogP contribution < -0.4 is 0 Å². The molecule has 0 radical (unpaired) electrons. The lowest BCUT2D eigenvalue weighted by molar-refractivity contribution is 0.236. The van der Waals surface area contributed by atoms with Gasteiger partial charge in [0.2, 0.25) is 0 Å². The second-order valence-corrected chi connectivity index (χ2v) is 5.14. The highest BCUT2D eigenvalue weighted by Crippen LogP contribution is 2.33. The van der Waals surface area contributed by atoms with E-state index in [-0.39, 0.29) is 5.92 Å². The molecule has 2 aliphatic carbocycles. The molecule has 2 aliphatic rings. The van der Waals surface area contributed by atoms with E-state index in [2.05, 4.69) is 11.0 Å². The maximum Gasteiger partial charge on any atom is 0.0666 e. The first-order valence-electron chi connectivity index (χ1n) is 5.90. The van der Waals surface area contributed by atoms with Crippen LogP contribution in [0.3, 0.4) is 0 Å². The molecule has 0 spiro atoms. The minimum Gasteiger partial charge on any atom is -0.301 e. The summed E-state index contributed by atoms with van der Waals surface area (Å²) in [6.45, 7) is 5.53. The molecule has 0 saturated heterocycles. The van der Waals surface area contributed by atoms with Crippen molar-refractivity contribution in [1.82, 2.24) is 4.90 Å². The summed E-state index contributed by atoms with van der Waals surface area (Å²) < 4.78 is 0. The van der Waals surface area contributed by atoms with Crippen LogP contribution in [0.25, 0.3) is 0 Å². The van der Waals surface area contributed by atoms with Gasteiger partial charge in [-0.25, -0.2) is 0 Å². The Balaban J connectivity index is 1.74. The van der Waals surface area contributed by atoms with E-state index in [0.29, 0.717) is 0 Å². The number of hydrogen-bond acceptors (Lipinski definition) is 2. The van der Waals surface area contributed by atoms with Gasteiger partial charge in [-0.05, 0) is 44.4 Å². The molecule has 14 heavy (non-hydrogen) atoms. The maximum absolute atomic E-state index is 8.81. The fourth-order valence-corrected chi connectivity index (χ4v) is 1.98. The third-order valence-electron chi connectivity index (χ3n) is 3.18. The summed E-state index contributed by atoms with van der Waals surface area (Å²) >= 11 is 0. The molecule has 0 N–H and O–H groups in total. The van der Waals surface area contributed by atoms with Gasteiger partial charge in [-0.2, -0.15) is 5.26 Å². The van der Waals surface area contributed by atoms with Gasteiger partial charge in [-0.3, -0.25) is 0 Å². The molecule has 2 heteroatoms. The Hall–Kier alpha value is -0.550. The smallest absolute Gasteiger partial charge is 0.0666 e. The van der Waals surface area contributed by atoms with Crippen molar-refractivity contribution in [2.75, 3.05) is 19.6 Å². The molecule has 2 rings (SSSR count). The van der Waals surface area contributed by atoms with Crippen LogP contribution in [0.4, 0.5) is 0 Å². The summed E-state index contributed by atoms with van der Waals surface area (Å²) in [4.78, 5) is 2.53. The second kappa shape index (κ2) is 4.31. The van der Waals surface area contributed by atoms with Crippen molar-refractivity contribution >= 4 is 0 Å². The zero-order chi connectivity index (χ0) is 9.97. The molecule has 0 aromatic heterocycles. The molecule has 0 bridgehead atoms. The average Bonchev–Trinajstić information content (AvgIpc) is 2.99. The lowest BCUT2D eigenvalue weighted by atomic mass is 10.2. The first-order valence-corrected chi connectivity index (χ1v) is 5.90. The predicted octanol–water partition coefficient (Wildman–Crippen LogP) is 2.27. The van der Waals surface area contributed by atoms with Crippen molar-refractivity contribution in [1.29, 1.82) is 5.26 Å². The van der Waals surface area contributed by atoms with Crippen LogP contribution in [0.2, 0.25) is 0 Å². The number of nitrogens with zero attached hydrogens (tertiary/aromatic N) is 2. The van der Waals surface area contributed by atoms with E-state index in [1.165, 1.54) is 38.8 Å². The molecule has 0 aromatic rings. The molecule has 0 aromatic carbocycles. The molecule has 2 nitrogen and oxygen atoms in total. The molecule has 0 amide bonds. The standard InChI is InChI=1S/C12H20N2/c1-10(6-13)7-14(8-11-2-3-11)9-12-4-5-12/h10-12H,2-5,7-9H2,1H3. The Labute approximate surface area is 86.9 Å². The Bertz CT molecular complexity index is 209. The molecule has 1 unspecified atom stereocenters. The van der Waals surface area contributed by atoms with Crippen molar-refractivity contribution in [2.24, 2.45) is 17.8 Å². The van der Waals surface area contributed by atoms with Crippen LogP contribution in [0.15, 0.2) is 0 Å². The quantitative estimate of drug-likeness (QED) is 0.645. The highest BCUT2D eigenvalue weighted by molar-refractivity contribution is 4.87. The highest BCUT2D eigenvalue weighted by Gasteiger charge is 2.29. The van der Waals surface area contributed by atoms with Crippen LogP contribution >= 0.6 is 0 Å². The SMILES string of the molecule is CC(C#N)CN(CC1CC1)CC1CC1. The van der Waals surface area contributed by atoms with E-state index < -0.39 is 0 Å². The molecule has 0 aliphatic heterocycles. The Kier molecular flexibility index (Phi) is 3.08. The van der Waals surface area contributed by atoms with E-state index in [9.17, 15) is 0 Å². The van der Waals surface area contributed by atoms with Crippen LogP contribution in [0.5, 0.6) is 0 Å². The van der Waals surface area contributed by atoms with Gasteiger partial charge in [0.25, 0.3) is 0 Å². The van der Waals surface area contributed by atoms with Gasteiger partial charge in [0, 0.05) is 19.6 Å². The van der Waals surface area contributed by atoms with Gasteiger partial charge in [-0.1, -0.05) is 0 Å². The van der Waals surface area contributed by atoms with Crippen molar-refractivity contribution in [3.8, 4) is 6.07 Å². The third kappa shape index (κ3) is 3.31. The highest BCUT2D eigenvalue weighted by atomic mass is 15.1. The molecule has 1 atom stereocenters. The lowest BCUT2D eigenvalue weighted by Crippen LogP contribution is -2.32. The van der Waals surface area contributed by atoms with Gasteiger partial charge in [0.1, 0.15) is 0 Å². The zero-order valence-corrected chi connectivity index (χ0v) is 9.08. The Morgan fingerprint density at radius 1 is 1.21 bits per heavy atom. The van der Waals surface area contributed by atoms with Crippen LogP contribution in [-0.2, 0) is 0 Å². The third-order valence-corrected chi connectivity index (χ3v) is 3.18. The molecule has 0 heterocycles. The van der Waals surface area contributed by atoms with E-state index in [4.69, 9.17) is 5.26 Å². The van der Waals surface area contributed by atoms with Crippen molar-refractivity contribution in [2.45, 2.75) is 32.6 Å². The topological polar surface area (TPSA) is 27.0 Å². The van der Waals surface area contributed by atoms with Crippen molar-refractivity contribution < 1.29 is 0 Å². The second-order valence-electron chi connectivity index (χ2n) is 5.14.